The number of para-hydroxylation sites is 1. The molecule has 16 heavy (non-hydrogen) atoms. The minimum absolute atomic E-state index is 0.225. The highest BCUT2D eigenvalue weighted by molar-refractivity contribution is 5.43. The summed E-state index contributed by atoms with van der Waals surface area (Å²) in [4.78, 5) is 14.6. The van der Waals surface area contributed by atoms with Crippen molar-refractivity contribution >= 4 is 6.08 Å². The van der Waals surface area contributed by atoms with Gasteiger partial charge in [-0.15, -0.1) is 0 Å². The SMILES string of the molecule is O=C=NC1(c2ccccc2O)CCCCC1. The topological polar surface area (TPSA) is 49.7 Å². The van der Waals surface area contributed by atoms with Crippen LogP contribution in [-0.2, 0) is 10.3 Å². The summed E-state index contributed by atoms with van der Waals surface area (Å²) in [7, 11) is 0. The molecule has 1 fully saturated rings. The van der Waals surface area contributed by atoms with E-state index >= 15 is 0 Å². The van der Waals surface area contributed by atoms with Crippen LogP contribution in [0.2, 0.25) is 0 Å². The van der Waals surface area contributed by atoms with E-state index in [-0.39, 0.29) is 5.75 Å². The molecule has 1 N–H and O–H groups in total. The lowest BCUT2D eigenvalue weighted by atomic mass is 9.77. The van der Waals surface area contributed by atoms with E-state index in [1.54, 1.807) is 18.2 Å². The number of nitrogens with zero attached hydrogens (tertiary/aromatic N) is 1. The fraction of sp³-hybridized carbons (Fsp3) is 0.462. The molecule has 0 atom stereocenters. The summed E-state index contributed by atoms with van der Waals surface area (Å²) in [6, 6.07) is 7.14. The minimum Gasteiger partial charge on any atom is -0.508 e. The molecule has 84 valence electrons. The van der Waals surface area contributed by atoms with Crippen molar-refractivity contribution in [2.45, 2.75) is 37.6 Å². The average molecular weight is 217 g/mol. The van der Waals surface area contributed by atoms with Crippen molar-refractivity contribution in [1.82, 2.24) is 0 Å². The van der Waals surface area contributed by atoms with Gasteiger partial charge in [0.25, 0.3) is 0 Å². The predicted octanol–water partition coefficient (Wildman–Crippen LogP) is 2.89. The lowest BCUT2D eigenvalue weighted by Crippen LogP contribution is -2.26. The highest BCUT2D eigenvalue weighted by atomic mass is 16.3. The molecule has 0 aliphatic heterocycles. The molecule has 2 rings (SSSR count). The fourth-order valence-electron chi connectivity index (χ4n) is 2.53. The van der Waals surface area contributed by atoms with Crippen molar-refractivity contribution in [2.24, 2.45) is 4.99 Å². The third-order valence-corrected chi connectivity index (χ3v) is 3.35. The van der Waals surface area contributed by atoms with E-state index in [0.29, 0.717) is 0 Å². The van der Waals surface area contributed by atoms with Crippen molar-refractivity contribution in [3.05, 3.63) is 29.8 Å². The van der Waals surface area contributed by atoms with Gasteiger partial charge < -0.3 is 5.11 Å². The summed E-state index contributed by atoms with van der Waals surface area (Å²) in [5, 5.41) is 9.86. The number of carbonyl (C=O) groups excluding carboxylic acids is 1. The van der Waals surface area contributed by atoms with Crippen LogP contribution in [0.1, 0.15) is 37.7 Å². The van der Waals surface area contributed by atoms with Crippen LogP contribution in [0.15, 0.2) is 29.3 Å². The van der Waals surface area contributed by atoms with Gasteiger partial charge in [-0.1, -0.05) is 37.5 Å². The molecule has 1 aromatic rings. The summed E-state index contributed by atoms with van der Waals surface area (Å²) >= 11 is 0. The van der Waals surface area contributed by atoms with E-state index in [9.17, 15) is 9.90 Å². The molecule has 3 nitrogen and oxygen atoms in total. The first-order valence-electron chi connectivity index (χ1n) is 5.66. The Balaban J connectivity index is 2.46. The van der Waals surface area contributed by atoms with Crippen LogP contribution in [0.5, 0.6) is 5.75 Å². The summed E-state index contributed by atoms with van der Waals surface area (Å²) in [5.41, 5.74) is 0.226. The highest BCUT2D eigenvalue weighted by Gasteiger charge is 2.35. The Bertz CT molecular complexity index is 416. The molecule has 0 aromatic heterocycles. The smallest absolute Gasteiger partial charge is 0.235 e. The lowest BCUT2D eigenvalue weighted by Gasteiger charge is -2.32. The lowest BCUT2D eigenvalue weighted by molar-refractivity contribution is 0.294. The van der Waals surface area contributed by atoms with Gasteiger partial charge in [0.2, 0.25) is 6.08 Å². The third-order valence-electron chi connectivity index (χ3n) is 3.35. The van der Waals surface area contributed by atoms with Gasteiger partial charge >= 0.3 is 0 Å². The molecule has 3 heteroatoms. The van der Waals surface area contributed by atoms with Crippen molar-refractivity contribution < 1.29 is 9.90 Å². The number of phenolic OH excluding ortho intramolecular Hbond substituents is 1. The Labute approximate surface area is 94.8 Å². The quantitative estimate of drug-likeness (QED) is 0.611. The Morgan fingerprint density at radius 3 is 2.50 bits per heavy atom. The molecule has 0 heterocycles. The maximum Gasteiger partial charge on any atom is 0.235 e. The molecule has 1 saturated carbocycles. The maximum absolute atomic E-state index is 10.6. The number of hydrogen-bond donors (Lipinski definition) is 1. The Morgan fingerprint density at radius 2 is 1.88 bits per heavy atom. The number of aromatic hydroxyl groups is 1. The van der Waals surface area contributed by atoms with Crippen LogP contribution in [0.25, 0.3) is 0 Å². The molecule has 1 aromatic carbocycles. The van der Waals surface area contributed by atoms with E-state index in [0.717, 1.165) is 31.2 Å². The fourth-order valence-corrected chi connectivity index (χ4v) is 2.53. The molecule has 0 saturated heterocycles. The second-order valence-electron chi connectivity index (χ2n) is 4.31. The second kappa shape index (κ2) is 4.50. The number of isocyanates is 1. The number of hydrogen-bond acceptors (Lipinski definition) is 3. The van der Waals surface area contributed by atoms with E-state index in [1.165, 1.54) is 6.42 Å². The van der Waals surface area contributed by atoms with Gasteiger partial charge in [-0.3, -0.25) is 0 Å². The summed E-state index contributed by atoms with van der Waals surface area (Å²) in [6.45, 7) is 0. The van der Waals surface area contributed by atoms with Gasteiger partial charge in [0.15, 0.2) is 0 Å². The zero-order valence-corrected chi connectivity index (χ0v) is 9.15. The first kappa shape index (κ1) is 10.9. The Hall–Kier alpha value is -1.60. The molecule has 1 aliphatic carbocycles. The van der Waals surface area contributed by atoms with Crippen molar-refractivity contribution in [3.63, 3.8) is 0 Å². The van der Waals surface area contributed by atoms with Gasteiger partial charge in [0.1, 0.15) is 11.3 Å². The number of phenols is 1. The molecule has 0 bridgehead atoms. The zero-order chi connectivity index (χ0) is 11.4. The summed E-state index contributed by atoms with van der Waals surface area (Å²) in [5.74, 6) is 0.225. The normalized spacial score (nSPS) is 18.8. The Morgan fingerprint density at radius 1 is 1.19 bits per heavy atom. The zero-order valence-electron chi connectivity index (χ0n) is 9.15. The maximum atomic E-state index is 10.6. The molecular weight excluding hydrogens is 202 g/mol. The van der Waals surface area contributed by atoms with Gasteiger partial charge in [-0.2, -0.15) is 4.99 Å². The standard InChI is InChI=1S/C13H15NO2/c15-10-14-13(8-4-1-5-9-13)11-6-2-3-7-12(11)16/h2-3,6-7,16H,1,4-5,8-9H2. The largest absolute Gasteiger partial charge is 0.508 e. The van der Waals surface area contributed by atoms with Crippen LogP contribution in [0.3, 0.4) is 0 Å². The predicted molar refractivity (Wildman–Crippen MR) is 61.0 cm³/mol. The average Bonchev–Trinajstić information content (AvgIpc) is 2.31. The molecule has 0 radical (unpaired) electrons. The van der Waals surface area contributed by atoms with E-state index in [1.807, 2.05) is 12.1 Å². The van der Waals surface area contributed by atoms with Crippen LogP contribution in [0, 0.1) is 0 Å². The first-order valence-corrected chi connectivity index (χ1v) is 5.66. The highest BCUT2D eigenvalue weighted by Crippen LogP contribution is 2.43. The van der Waals surface area contributed by atoms with Gasteiger partial charge in [-0.05, 0) is 18.9 Å². The minimum atomic E-state index is -0.536. The van der Waals surface area contributed by atoms with Gasteiger partial charge in [-0.25, -0.2) is 4.79 Å². The van der Waals surface area contributed by atoms with Crippen molar-refractivity contribution in [1.29, 1.82) is 0 Å². The van der Waals surface area contributed by atoms with Crippen LogP contribution in [-0.4, -0.2) is 11.2 Å². The number of benzene rings is 1. The van der Waals surface area contributed by atoms with E-state index in [4.69, 9.17) is 0 Å². The van der Waals surface area contributed by atoms with Crippen molar-refractivity contribution in [2.75, 3.05) is 0 Å². The molecule has 0 spiro atoms. The molecule has 0 unspecified atom stereocenters. The monoisotopic (exact) mass is 217 g/mol. The summed E-state index contributed by atoms with van der Waals surface area (Å²) < 4.78 is 0. The molecular formula is C13H15NO2. The van der Waals surface area contributed by atoms with E-state index in [2.05, 4.69) is 4.99 Å². The number of rotatable bonds is 2. The third kappa shape index (κ3) is 1.86. The second-order valence-corrected chi connectivity index (χ2v) is 4.31. The molecule has 1 aliphatic rings. The van der Waals surface area contributed by atoms with Crippen LogP contribution < -0.4 is 0 Å². The van der Waals surface area contributed by atoms with Gasteiger partial charge in [0.05, 0.1) is 0 Å². The van der Waals surface area contributed by atoms with Crippen LogP contribution >= 0.6 is 0 Å². The van der Waals surface area contributed by atoms with Crippen molar-refractivity contribution in [3.8, 4) is 5.75 Å². The number of aliphatic imine (C=N–C) groups is 1. The molecule has 0 amide bonds. The van der Waals surface area contributed by atoms with Gasteiger partial charge in [0, 0.05) is 5.56 Å². The van der Waals surface area contributed by atoms with Crippen LogP contribution in [0.4, 0.5) is 0 Å². The summed E-state index contributed by atoms with van der Waals surface area (Å²) in [6.07, 6.45) is 6.56. The Kier molecular flexibility index (Phi) is 3.07. The first-order chi connectivity index (χ1) is 7.78. The van der Waals surface area contributed by atoms with E-state index < -0.39 is 5.54 Å².